The second-order valence-electron chi connectivity index (χ2n) is 3.98. The molecule has 2 N–H and O–H groups in total. The quantitative estimate of drug-likeness (QED) is 0.723. The number of ether oxygens (including phenoxy) is 1. The Balaban J connectivity index is 2.08. The van der Waals surface area contributed by atoms with Gasteiger partial charge in [0.1, 0.15) is 6.33 Å². The van der Waals surface area contributed by atoms with Crippen molar-refractivity contribution in [1.29, 1.82) is 0 Å². The first-order valence-corrected chi connectivity index (χ1v) is 6.04. The van der Waals surface area contributed by atoms with Gasteiger partial charge in [-0.25, -0.2) is 9.97 Å². The molecule has 0 unspecified atom stereocenters. The Kier molecular flexibility index (Phi) is 2.93. The van der Waals surface area contributed by atoms with E-state index < -0.39 is 0 Å². The van der Waals surface area contributed by atoms with E-state index in [9.17, 15) is 0 Å². The number of halogens is 1. The zero-order valence-electron chi connectivity index (χ0n) is 9.88. The third kappa shape index (κ3) is 2.30. The zero-order chi connectivity index (χ0) is 13.2. The molecule has 0 saturated heterocycles. The van der Waals surface area contributed by atoms with Crippen LogP contribution < -0.4 is 10.5 Å². The van der Waals surface area contributed by atoms with E-state index >= 15 is 0 Å². The van der Waals surface area contributed by atoms with Crippen molar-refractivity contribution in [3.05, 3.63) is 53.8 Å². The van der Waals surface area contributed by atoms with E-state index in [0.717, 1.165) is 10.9 Å². The number of benzene rings is 2. The monoisotopic (exact) mass is 271 g/mol. The van der Waals surface area contributed by atoms with E-state index in [1.54, 1.807) is 18.2 Å². The lowest BCUT2D eigenvalue weighted by Gasteiger charge is -2.09. The number of anilines is 1. The van der Waals surface area contributed by atoms with Crippen molar-refractivity contribution in [3.8, 4) is 11.6 Å². The van der Waals surface area contributed by atoms with Gasteiger partial charge in [0.25, 0.3) is 0 Å². The average Bonchev–Trinajstić information content (AvgIpc) is 2.43. The molecule has 2 aromatic carbocycles. The number of rotatable bonds is 2. The molecule has 0 fully saturated rings. The van der Waals surface area contributed by atoms with Gasteiger partial charge >= 0.3 is 0 Å². The van der Waals surface area contributed by atoms with E-state index in [1.165, 1.54) is 6.33 Å². The molecule has 94 valence electrons. The predicted molar refractivity (Wildman–Crippen MR) is 75.5 cm³/mol. The standard InChI is InChI=1S/C14H10ClN3O/c15-9-5-6-11(16)13(7-9)19-14-10-3-1-2-4-12(10)17-8-18-14/h1-8H,16H2. The second-order valence-corrected chi connectivity index (χ2v) is 4.42. The van der Waals surface area contributed by atoms with Crippen LogP contribution in [0.2, 0.25) is 5.02 Å². The van der Waals surface area contributed by atoms with E-state index in [-0.39, 0.29) is 0 Å². The van der Waals surface area contributed by atoms with Gasteiger partial charge in [0.2, 0.25) is 5.88 Å². The molecule has 0 aliphatic carbocycles. The predicted octanol–water partition coefficient (Wildman–Crippen LogP) is 3.66. The molecule has 0 aliphatic rings. The molecule has 4 nitrogen and oxygen atoms in total. The normalized spacial score (nSPS) is 10.6. The molecule has 1 aromatic heterocycles. The minimum absolute atomic E-state index is 0.458. The third-order valence-electron chi connectivity index (χ3n) is 2.69. The first kappa shape index (κ1) is 11.7. The number of hydrogen-bond donors (Lipinski definition) is 1. The summed E-state index contributed by atoms with van der Waals surface area (Å²) < 4.78 is 5.74. The van der Waals surface area contributed by atoms with E-state index in [2.05, 4.69) is 9.97 Å². The summed E-state index contributed by atoms with van der Waals surface area (Å²) in [6.07, 6.45) is 1.46. The van der Waals surface area contributed by atoms with Crippen LogP contribution in [0, 0.1) is 0 Å². The van der Waals surface area contributed by atoms with Gasteiger partial charge in [-0.2, -0.15) is 0 Å². The Morgan fingerprint density at radius 2 is 1.89 bits per heavy atom. The minimum atomic E-state index is 0.458. The number of nitrogens with zero attached hydrogens (tertiary/aromatic N) is 2. The lowest BCUT2D eigenvalue weighted by Crippen LogP contribution is -1.95. The van der Waals surface area contributed by atoms with Crippen molar-refractivity contribution >= 4 is 28.2 Å². The highest BCUT2D eigenvalue weighted by Crippen LogP contribution is 2.32. The van der Waals surface area contributed by atoms with Gasteiger partial charge in [-0.1, -0.05) is 23.7 Å². The summed E-state index contributed by atoms with van der Waals surface area (Å²) in [5.41, 5.74) is 7.17. The Labute approximate surface area is 114 Å². The highest BCUT2D eigenvalue weighted by atomic mass is 35.5. The highest BCUT2D eigenvalue weighted by Gasteiger charge is 2.08. The molecule has 5 heteroatoms. The first-order chi connectivity index (χ1) is 9.24. The van der Waals surface area contributed by atoms with E-state index in [4.69, 9.17) is 22.1 Å². The SMILES string of the molecule is Nc1ccc(Cl)cc1Oc1ncnc2ccccc12. The summed E-state index contributed by atoms with van der Waals surface area (Å²) in [4.78, 5) is 8.32. The topological polar surface area (TPSA) is 61.0 Å². The van der Waals surface area contributed by atoms with Crippen LogP contribution in [-0.2, 0) is 0 Å². The van der Waals surface area contributed by atoms with Crippen molar-refractivity contribution in [3.63, 3.8) is 0 Å². The molecule has 0 spiro atoms. The number of fused-ring (bicyclic) bond motifs is 1. The molecular formula is C14H10ClN3O. The fourth-order valence-corrected chi connectivity index (χ4v) is 1.92. The van der Waals surface area contributed by atoms with Gasteiger partial charge < -0.3 is 10.5 Å². The molecule has 3 aromatic rings. The Morgan fingerprint density at radius 3 is 2.79 bits per heavy atom. The molecule has 0 amide bonds. The Hall–Kier alpha value is -2.33. The summed E-state index contributed by atoms with van der Waals surface area (Å²) in [7, 11) is 0. The molecule has 0 saturated carbocycles. The van der Waals surface area contributed by atoms with Crippen molar-refractivity contribution < 1.29 is 4.74 Å². The molecule has 0 atom stereocenters. The van der Waals surface area contributed by atoms with Crippen molar-refractivity contribution in [2.24, 2.45) is 0 Å². The maximum Gasteiger partial charge on any atom is 0.230 e. The number of hydrogen-bond acceptors (Lipinski definition) is 4. The second kappa shape index (κ2) is 4.74. The van der Waals surface area contributed by atoms with Crippen LogP contribution in [0.15, 0.2) is 48.8 Å². The summed E-state index contributed by atoms with van der Waals surface area (Å²) in [5, 5.41) is 1.38. The fraction of sp³-hybridized carbons (Fsp3) is 0. The summed E-state index contributed by atoms with van der Waals surface area (Å²) in [5.74, 6) is 0.941. The van der Waals surface area contributed by atoms with Crippen LogP contribution in [0.3, 0.4) is 0 Å². The van der Waals surface area contributed by atoms with Gasteiger partial charge in [0.05, 0.1) is 16.6 Å². The van der Waals surface area contributed by atoms with Crippen LogP contribution in [0.4, 0.5) is 5.69 Å². The smallest absolute Gasteiger partial charge is 0.230 e. The summed E-state index contributed by atoms with van der Waals surface area (Å²) in [6.45, 7) is 0. The van der Waals surface area contributed by atoms with Gasteiger partial charge in [-0.3, -0.25) is 0 Å². The largest absolute Gasteiger partial charge is 0.436 e. The summed E-state index contributed by atoms with van der Waals surface area (Å²) >= 11 is 5.93. The third-order valence-corrected chi connectivity index (χ3v) is 2.92. The van der Waals surface area contributed by atoms with Crippen molar-refractivity contribution in [2.75, 3.05) is 5.73 Å². The van der Waals surface area contributed by atoms with Crippen molar-refractivity contribution in [1.82, 2.24) is 9.97 Å². The molecule has 0 radical (unpaired) electrons. The average molecular weight is 272 g/mol. The molecule has 19 heavy (non-hydrogen) atoms. The number of aromatic nitrogens is 2. The number of nitrogen functional groups attached to an aromatic ring is 1. The lowest BCUT2D eigenvalue weighted by molar-refractivity contribution is 0.470. The first-order valence-electron chi connectivity index (χ1n) is 5.66. The Bertz CT molecular complexity index is 740. The van der Waals surface area contributed by atoms with Crippen molar-refractivity contribution in [2.45, 2.75) is 0 Å². The fourth-order valence-electron chi connectivity index (χ4n) is 1.76. The maximum atomic E-state index is 5.93. The van der Waals surface area contributed by atoms with Gasteiger partial charge in [0, 0.05) is 11.1 Å². The van der Waals surface area contributed by atoms with E-state index in [1.807, 2.05) is 24.3 Å². The van der Waals surface area contributed by atoms with E-state index in [0.29, 0.717) is 22.3 Å². The van der Waals surface area contributed by atoms with Gasteiger partial charge in [-0.15, -0.1) is 0 Å². The summed E-state index contributed by atoms with van der Waals surface area (Å²) in [6, 6.07) is 12.7. The molecular weight excluding hydrogens is 262 g/mol. The molecule has 1 heterocycles. The zero-order valence-corrected chi connectivity index (χ0v) is 10.6. The molecule has 0 aliphatic heterocycles. The van der Waals surface area contributed by atoms with Gasteiger partial charge in [0.15, 0.2) is 5.75 Å². The van der Waals surface area contributed by atoms with Crippen LogP contribution in [0.25, 0.3) is 10.9 Å². The van der Waals surface area contributed by atoms with Gasteiger partial charge in [-0.05, 0) is 24.3 Å². The Morgan fingerprint density at radius 1 is 1.05 bits per heavy atom. The lowest BCUT2D eigenvalue weighted by atomic mass is 10.2. The van der Waals surface area contributed by atoms with Crippen LogP contribution in [0.5, 0.6) is 11.6 Å². The number of nitrogens with two attached hydrogens (primary N) is 1. The maximum absolute atomic E-state index is 5.93. The number of para-hydroxylation sites is 1. The van der Waals surface area contributed by atoms with Crippen LogP contribution >= 0.6 is 11.6 Å². The minimum Gasteiger partial charge on any atom is -0.436 e. The molecule has 3 rings (SSSR count). The van der Waals surface area contributed by atoms with Crippen LogP contribution in [-0.4, -0.2) is 9.97 Å². The molecule has 0 bridgehead atoms. The highest BCUT2D eigenvalue weighted by molar-refractivity contribution is 6.30. The van der Waals surface area contributed by atoms with Crippen LogP contribution in [0.1, 0.15) is 0 Å².